The summed E-state index contributed by atoms with van der Waals surface area (Å²) in [5, 5.41) is 9.97. The molecule has 6 heteroatoms. The first kappa shape index (κ1) is 19.5. The summed E-state index contributed by atoms with van der Waals surface area (Å²) in [4.78, 5) is 1.87. The van der Waals surface area contributed by atoms with Crippen LogP contribution in [0.1, 0.15) is 12.0 Å². The van der Waals surface area contributed by atoms with Crippen LogP contribution in [0, 0.1) is 24.0 Å². The predicted molar refractivity (Wildman–Crippen MR) is 83.8 cm³/mol. The van der Waals surface area contributed by atoms with Crippen LogP contribution in [0.25, 0.3) is 0 Å². The van der Waals surface area contributed by atoms with E-state index in [1.807, 2.05) is 4.90 Å². The van der Waals surface area contributed by atoms with Gasteiger partial charge in [0.25, 0.3) is 0 Å². The molecule has 0 heterocycles. The number of benzene rings is 1. The van der Waals surface area contributed by atoms with E-state index in [1.165, 1.54) is 12.1 Å². The third-order valence-electron chi connectivity index (χ3n) is 3.20. The molecule has 128 valence electrons. The van der Waals surface area contributed by atoms with Crippen LogP contribution in [0.2, 0.25) is 0 Å². The Morgan fingerprint density at radius 1 is 1.39 bits per heavy atom. The van der Waals surface area contributed by atoms with Crippen molar-refractivity contribution in [3.05, 3.63) is 35.4 Å². The first-order valence-electron chi connectivity index (χ1n) is 7.41. The summed E-state index contributed by atoms with van der Waals surface area (Å²) in [6.45, 7) is 1.97. The van der Waals surface area contributed by atoms with Gasteiger partial charge in [-0.2, -0.15) is 0 Å². The highest BCUT2D eigenvalue weighted by Gasteiger charge is 2.14. The summed E-state index contributed by atoms with van der Waals surface area (Å²) < 4.78 is 36.9. The molecule has 0 aromatic heterocycles. The van der Waals surface area contributed by atoms with Crippen molar-refractivity contribution in [2.75, 3.05) is 40.0 Å². The molecule has 23 heavy (non-hydrogen) atoms. The summed E-state index contributed by atoms with van der Waals surface area (Å²) in [7, 11) is 1.60. The molecule has 0 saturated heterocycles. The van der Waals surface area contributed by atoms with Crippen molar-refractivity contribution in [1.29, 1.82) is 0 Å². The largest absolute Gasteiger partial charge is 0.389 e. The van der Waals surface area contributed by atoms with Crippen LogP contribution in [0.5, 0.6) is 0 Å². The molecule has 1 atom stereocenters. The molecule has 0 bridgehead atoms. The van der Waals surface area contributed by atoms with Gasteiger partial charge in [-0.1, -0.05) is 12.0 Å². The van der Waals surface area contributed by atoms with Gasteiger partial charge in [0.05, 0.1) is 12.7 Å². The summed E-state index contributed by atoms with van der Waals surface area (Å²) in [5.41, 5.74) is 0.376. The van der Waals surface area contributed by atoms with E-state index in [1.54, 1.807) is 7.11 Å². The van der Waals surface area contributed by atoms with Crippen molar-refractivity contribution >= 4 is 0 Å². The highest BCUT2D eigenvalue weighted by atomic mass is 19.1. The van der Waals surface area contributed by atoms with Gasteiger partial charge in [0.1, 0.15) is 18.2 Å². The van der Waals surface area contributed by atoms with Gasteiger partial charge < -0.3 is 14.6 Å². The number of hydrogen-bond acceptors (Lipinski definition) is 4. The number of ether oxygens (including phenoxy) is 2. The summed E-state index contributed by atoms with van der Waals surface area (Å²) in [6.07, 6.45) is 5.07. The monoisotopic (exact) mass is 327 g/mol. The van der Waals surface area contributed by atoms with Crippen molar-refractivity contribution in [2.24, 2.45) is 0 Å². The van der Waals surface area contributed by atoms with E-state index in [2.05, 4.69) is 5.92 Å². The topological polar surface area (TPSA) is 41.9 Å². The maximum absolute atomic E-state index is 13.8. The van der Waals surface area contributed by atoms with Crippen molar-refractivity contribution in [3.8, 4) is 12.3 Å². The van der Waals surface area contributed by atoms with E-state index in [0.29, 0.717) is 25.3 Å². The fraction of sp³-hybridized carbons (Fsp3) is 0.529. The lowest BCUT2D eigenvalue weighted by molar-refractivity contribution is 0.0242. The molecular formula is C17H23F2NO3. The zero-order valence-electron chi connectivity index (χ0n) is 13.3. The minimum absolute atomic E-state index is 0.108. The van der Waals surface area contributed by atoms with E-state index in [9.17, 15) is 13.9 Å². The summed E-state index contributed by atoms with van der Waals surface area (Å²) in [5.74, 6) is 1.11. The molecule has 1 aromatic carbocycles. The molecule has 0 amide bonds. The molecule has 0 aliphatic carbocycles. The number of aliphatic hydroxyl groups excluding tert-OH is 1. The van der Waals surface area contributed by atoms with Crippen molar-refractivity contribution in [3.63, 3.8) is 0 Å². The maximum atomic E-state index is 13.8. The zero-order chi connectivity index (χ0) is 17.1. The third-order valence-corrected chi connectivity index (χ3v) is 3.20. The number of halogens is 2. The van der Waals surface area contributed by atoms with Crippen LogP contribution in [0.15, 0.2) is 18.2 Å². The molecule has 1 aromatic rings. The Hall–Kier alpha value is -1.52. The highest BCUT2D eigenvalue weighted by molar-refractivity contribution is 5.18. The van der Waals surface area contributed by atoms with E-state index < -0.39 is 17.7 Å². The predicted octanol–water partition coefficient (Wildman–Crippen LogP) is 1.81. The first-order valence-corrected chi connectivity index (χ1v) is 7.41. The summed E-state index contributed by atoms with van der Waals surface area (Å²) in [6, 6.07) is 3.49. The smallest absolute Gasteiger partial charge is 0.130 e. The van der Waals surface area contributed by atoms with Crippen LogP contribution in [-0.2, 0) is 16.0 Å². The third kappa shape index (κ3) is 8.05. The van der Waals surface area contributed by atoms with E-state index in [4.69, 9.17) is 15.9 Å². The average Bonchev–Trinajstić information content (AvgIpc) is 2.50. The van der Waals surface area contributed by atoms with E-state index >= 15 is 0 Å². The Bertz CT molecular complexity index is 505. The molecule has 0 fully saturated rings. The van der Waals surface area contributed by atoms with Crippen molar-refractivity contribution in [1.82, 2.24) is 4.90 Å². The lowest BCUT2D eigenvalue weighted by atomic mass is 10.1. The first-order chi connectivity index (χ1) is 11.1. The molecule has 0 aliphatic heterocycles. The van der Waals surface area contributed by atoms with Gasteiger partial charge in [0.15, 0.2) is 0 Å². The fourth-order valence-corrected chi connectivity index (χ4v) is 2.16. The van der Waals surface area contributed by atoms with Gasteiger partial charge in [-0.3, -0.25) is 4.90 Å². The van der Waals surface area contributed by atoms with Crippen LogP contribution >= 0.6 is 0 Å². The molecule has 1 rings (SSSR count). The second-order valence-corrected chi connectivity index (χ2v) is 5.19. The Kier molecular flexibility index (Phi) is 9.41. The number of methoxy groups -OCH3 is 1. The number of hydrogen-bond donors (Lipinski definition) is 1. The van der Waals surface area contributed by atoms with Gasteiger partial charge in [-0.05, 0) is 12.5 Å². The molecule has 0 spiro atoms. The van der Waals surface area contributed by atoms with Crippen LogP contribution in [-0.4, -0.2) is 56.1 Å². The number of terminal acetylenes is 1. The van der Waals surface area contributed by atoms with Gasteiger partial charge >= 0.3 is 0 Å². The minimum Gasteiger partial charge on any atom is -0.389 e. The molecule has 0 aliphatic rings. The number of rotatable bonds is 11. The molecule has 4 nitrogen and oxygen atoms in total. The number of nitrogens with zero attached hydrogens (tertiary/aromatic N) is 1. The van der Waals surface area contributed by atoms with Crippen molar-refractivity contribution < 1.29 is 23.4 Å². The lowest BCUT2D eigenvalue weighted by Crippen LogP contribution is -2.36. The Labute approximate surface area is 136 Å². The zero-order valence-corrected chi connectivity index (χ0v) is 13.3. The second-order valence-electron chi connectivity index (χ2n) is 5.19. The highest BCUT2D eigenvalue weighted by Crippen LogP contribution is 2.13. The maximum Gasteiger partial charge on any atom is 0.130 e. The number of aliphatic hydroxyl groups is 1. The molecule has 0 unspecified atom stereocenters. The normalized spacial score (nSPS) is 12.3. The fourth-order valence-electron chi connectivity index (χ4n) is 2.16. The van der Waals surface area contributed by atoms with Crippen LogP contribution < -0.4 is 0 Å². The van der Waals surface area contributed by atoms with Crippen molar-refractivity contribution in [2.45, 2.75) is 19.1 Å². The minimum atomic E-state index is -0.741. The standard InChI is InChI=1S/C17H23F2NO3/c1-3-8-23-13-16(21)12-20(7-4-9-22-2)11-14-5-6-15(18)10-17(14)19/h1,5-6,10,16,21H,4,7-9,11-13H2,2H3/t16-/m0/s1. The quantitative estimate of drug-likeness (QED) is 0.497. The van der Waals surface area contributed by atoms with Gasteiger partial charge in [-0.15, -0.1) is 6.42 Å². The Morgan fingerprint density at radius 2 is 2.17 bits per heavy atom. The van der Waals surface area contributed by atoms with Gasteiger partial charge in [-0.25, -0.2) is 8.78 Å². The lowest BCUT2D eigenvalue weighted by Gasteiger charge is -2.25. The van der Waals surface area contributed by atoms with Crippen LogP contribution in [0.3, 0.4) is 0 Å². The summed E-state index contributed by atoms with van der Waals surface area (Å²) >= 11 is 0. The SMILES string of the molecule is C#CCOC[C@@H](O)CN(CCCOC)Cc1ccc(F)cc1F. The van der Waals surface area contributed by atoms with Gasteiger partial charge in [0, 0.05) is 45.0 Å². The van der Waals surface area contributed by atoms with Gasteiger partial charge in [0.2, 0.25) is 0 Å². The Morgan fingerprint density at radius 3 is 2.83 bits per heavy atom. The molecule has 0 saturated carbocycles. The second kappa shape index (κ2) is 11.1. The molecular weight excluding hydrogens is 304 g/mol. The van der Waals surface area contributed by atoms with E-state index in [0.717, 1.165) is 12.5 Å². The van der Waals surface area contributed by atoms with Crippen LogP contribution in [0.4, 0.5) is 8.78 Å². The average molecular weight is 327 g/mol. The molecule has 0 radical (unpaired) electrons. The Balaban J connectivity index is 2.61. The van der Waals surface area contributed by atoms with E-state index in [-0.39, 0.29) is 19.8 Å². The molecule has 1 N–H and O–H groups in total.